The number of rotatable bonds is 8. The summed E-state index contributed by atoms with van der Waals surface area (Å²) >= 11 is 0. The minimum Gasteiger partial charge on any atom is -0.497 e. The zero-order valence-corrected chi connectivity index (χ0v) is 17.3. The molecule has 0 atom stereocenters. The van der Waals surface area contributed by atoms with E-state index in [4.69, 9.17) is 14.5 Å². The maximum absolute atomic E-state index is 5.40. The minimum atomic E-state index is 0.444. The molecule has 154 valence electrons. The van der Waals surface area contributed by atoms with Gasteiger partial charge in [-0.15, -0.1) is 0 Å². The molecule has 1 aliphatic rings. The van der Waals surface area contributed by atoms with Crippen LogP contribution in [-0.4, -0.2) is 54.3 Å². The smallest absolute Gasteiger partial charge is 0.206 e. The summed E-state index contributed by atoms with van der Waals surface area (Å²) in [5.74, 6) is 1.82. The fourth-order valence-corrected chi connectivity index (χ4v) is 4.01. The lowest BCUT2D eigenvalue weighted by molar-refractivity contribution is 0.135. The van der Waals surface area contributed by atoms with Gasteiger partial charge in [0, 0.05) is 32.8 Å². The first kappa shape index (κ1) is 19.7. The van der Waals surface area contributed by atoms with Gasteiger partial charge in [-0.05, 0) is 49.1 Å². The fourth-order valence-electron chi connectivity index (χ4n) is 4.01. The van der Waals surface area contributed by atoms with Crippen molar-refractivity contribution >= 4 is 17.0 Å². The Morgan fingerprint density at radius 3 is 2.52 bits per heavy atom. The van der Waals surface area contributed by atoms with Crippen molar-refractivity contribution < 1.29 is 9.47 Å². The van der Waals surface area contributed by atoms with Gasteiger partial charge in [-0.3, -0.25) is 4.57 Å². The molecule has 0 saturated carbocycles. The van der Waals surface area contributed by atoms with Crippen molar-refractivity contribution in [3.63, 3.8) is 0 Å². The van der Waals surface area contributed by atoms with E-state index in [-0.39, 0.29) is 0 Å². The minimum absolute atomic E-state index is 0.444. The highest BCUT2D eigenvalue weighted by Crippen LogP contribution is 2.22. The third-order valence-corrected chi connectivity index (χ3v) is 5.71. The van der Waals surface area contributed by atoms with Crippen LogP contribution in [0.3, 0.4) is 0 Å². The number of ether oxygens (including phenoxy) is 2. The van der Waals surface area contributed by atoms with E-state index >= 15 is 0 Å². The average Bonchev–Trinajstić information content (AvgIpc) is 3.11. The Bertz CT molecular complexity index is 914. The predicted molar refractivity (Wildman–Crippen MR) is 117 cm³/mol. The van der Waals surface area contributed by atoms with Gasteiger partial charge >= 0.3 is 0 Å². The van der Waals surface area contributed by atoms with Crippen LogP contribution in [-0.2, 0) is 17.9 Å². The monoisotopic (exact) mass is 394 g/mol. The Balaban J connectivity index is 1.30. The number of nitrogens with zero attached hydrogens (tertiary/aromatic N) is 3. The Morgan fingerprint density at radius 1 is 1.03 bits per heavy atom. The first-order valence-corrected chi connectivity index (χ1v) is 10.3. The Kier molecular flexibility index (Phi) is 6.32. The maximum Gasteiger partial charge on any atom is 0.206 e. The molecule has 3 aromatic rings. The number of methoxy groups -OCH3 is 2. The van der Waals surface area contributed by atoms with Crippen molar-refractivity contribution in [3.8, 4) is 5.75 Å². The van der Waals surface area contributed by atoms with Crippen LogP contribution in [0, 0.1) is 0 Å². The van der Waals surface area contributed by atoms with Gasteiger partial charge in [-0.25, -0.2) is 4.98 Å². The van der Waals surface area contributed by atoms with Gasteiger partial charge in [0.25, 0.3) is 0 Å². The zero-order valence-electron chi connectivity index (χ0n) is 17.3. The van der Waals surface area contributed by atoms with Crippen molar-refractivity contribution in [2.75, 3.05) is 39.2 Å². The topological polar surface area (TPSA) is 51.5 Å². The van der Waals surface area contributed by atoms with E-state index in [1.165, 1.54) is 5.56 Å². The molecule has 1 fully saturated rings. The van der Waals surface area contributed by atoms with Gasteiger partial charge in [0.2, 0.25) is 5.95 Å². The van der Waals surface area contributed by atoms with Crippen LogP contribution in [0.4, 0.5) is 5.95 Å². The van der Waals surface area contributed by atoms with Gasteiger partial charge in [-0.2, -0.15) is 0 Å². The second-order valence-electron chi connectivity index (χ2n) is 7.63. The quantitative estimate of drug-likeness (QED) is 0.630. The van der Waals surface area contributed by atoms with E-state index < -0.39 is 0 Å². The predicted octanol–water partition coefficient (Wildman–Crippen LogP) is 3.77. The zero-order chi connectivity index (χ0) is 20.1. The number of aromatic nitrogens is 2. The van der Waals surface area contributed by atoms with Crippen LogP contribution in [0.25, 0.3) is 11.0 Å². The highest BCUT2D eigenvalue weighted by molar-refractivity contribution is 5.78. The summed E-state index contributed by atoms with van der Waals surface area (Å²) in [5.41, 5.74) is 3.47. The average molecular weight is 395 g/mol. The fraction of sp³-hybridized carbons (Fsp3) is 0.435. The lowest BCUT2D eigenvalue weighted by Crippen LogP contribution is -2.40. The van der Waals surface area contributed by atoms with Crippen LogP contribution in [0.5, 0.6) is 5.75 Å². The summed E-state index contributed by atoms with van der Waals surface area (Å²) < 4.78 is 12.7. The second-order valence-corrected chi connectivity index (χ2v) is 7.63. The highest BCUT2D eigenvalue weighted by atomic mass is 16.5. The third-order valence-electron chi connectivity index (χ3n) is 5.71. The first-order valence-electron chi connectivity index (χ1n) is 10.3. The summed E-state index contributed by atoms with van der Waals surface area (Å²) in [5, 5.41) is 3.66. The lowest BCUT2D eigenvalue weighted by Gasteiger charge is -2.32. The Hall–Kier alpha value is -2.57. The summed E-state index contributed by atoms with van der Waals surface area (Å²) in [7, 11) is 3.43. The molecule has 1 N–H and O–H groups in total. The molecule has 0 amide bonds. The van der Waals surface area contributed by atoms with Crippen LogP contribution >= 0.6 is 0 Å². The van der Waals surface area contributed by atoms with Gasteiger partial charge in [-0.1, -0.05) is 24.3 Å². The number of anilines is 1. The van der Waals surface area contributed by atoms with E-state index in [2.05, 4.69) is 39.0 Å². The number of benzene rings is 2. The molecule has 6 heteroatoms. The molecule has 29 heavy (non-hydrogen) atoms. The molecule has 6 nitrogen and oxygen atoms in total. The van der Waals surface area contributed by atoms with Crippen LogP contribution in [0.15, 0.2) is 48.5 Å². The number of hydrogen-bond acceptors (Lipinski definition) is 5. The second kappa shape index (κ2) is 9.29. The van der Waals surface area contributed by atoms with Crippen LogP contribution < -0.4 is 10.1 Å². The number of fused-ring (bicyclic) bond motifs is 1. The largest absolute Gasteiger partial charge is 0.497 e. The maximum atomic E-state index is 5.40. The molecule has 4 rings (SSSR count). The van der Waals surface area contributed by atoms with Crippen LogP contribution in [0.2, 0.25) is 0 Å². The standard InChI is InChI=1S/C23H30N4O2/c1-28-17-27-22-6-4-3-5-21(22)25-23(27)24-19-12-15-26(16-13-19)14-11-18-7-9-20(29-2)10-8-18/h3-10,19H,11-17H2,1-2H3,(H,24,25). The van der Waals surface area contributed by atoms with Gasteiger partial charge in [0.15, 0.2) is 0 Å². The van der Waals surface area contributed by atoms with Gasteiger partial charge in [0.05, 0.1) is 18.1 Å². The van der Waals surface area contributed by atoms with E-state index in [9.17, 15) is 0 Å². The van der Waals surface area contributed by atoms with E-state index in [1.54, 1.807) is 14.2 Å². The van der Waals surface area contributed by atoms with Gasteiger partial charge < -0.3 is 19.7 Å². The summed E-state index contributed by atoms with van der Waals surface area (Å²) in [4.78, 5) is 7.34. The molecule has 0 unspecified atom stereocenters. The molecular weight excluding hydrogens is 364 g/mol. The number of hydrogen-bond donors (Lipinski definition) is 1. The number of likely N-dealkylation sites (tertiary alicyclic amines) is 1. The number of nitrogens with one attached hydrogen (secondary N) is 1. The van der Waals surface area contributed by atoms with Crippen molar-refractivity contribution in [1.29, 1.82) is 0 Å². The third kappa shape index (κ3) is 4.71. The Morgan fingerprint density at radius 2 is 1.79 bits per heavy atom. The van der Waals surface area contributed by atoms with Crippen LogP contribution in [0.1, 0.15) is 18.4 Å². The number of piperidine rings is 1. The molecule has 0 bridgehead atoms. The Labute approximate surface area is 172 Å². The first-order chi connectivity index (χ1) is 14.3. The van der Waals surface area contributed by atoms with Crippen molar-refractivity contribution in [1.82, 2.24) is 14.5 Å². The summed E-state index contributed by atoms with van der Waals surface area (Å²) in [6.45, 7) is 3.82. The van der Waals surface area contributed by atoms with Crippen molar-refractivity contribution in [3.05, 3.63) is 54.1 Å². The summed E-state index contributed by atoms with van der Waals surface area (Å²) in [6, 6.07) is 17.1. The molecule has 0 radical (unpaired) electrons. The summed E-state index contributed by atoms with van der Waals surface area (Å²) in [6.07, 6.45) is 3.32. The molecule has 0 aliphatic carbocycles. The molecule has 1 aliphatic heterocycles. The van der Waals surface area contributed by atoms with E-state index in [0.29, 0.717) is 12.8 Å². The van der Waals surface area contributed by atoms with Crippen molar-refractivity contribution in [2.24, 2.45) is 0 Å². The normalized spacial score (nSPS) is 15.7. The van der Waals surface area contributed by atoms with E-state index in [1.807, 2.05) is 24.3 Å². The number of imidazole rings is 1. The lowest BCUT2D eigenvalue weighted by atomic mass is 10.0. The van der Waals surface area contributed by atoms with E-state index in [0.717, 1.165) is 61.6 Å². The molecule has 1 saturated heterocycles. The highest BCUT2D eigenvalue weighted by Gasteiger charge is 2.21. The SMILES string of the molecule is COCn1c(NC2CCN(CCc3ccc(OC)cc3)CC2)nc2ccccc21. The molecule has 0 spiro atoms. The van der Waals surface area contributed by atoms with Crippen molar-refractivity contribution in [2.45, 2.75) is 32.0 Å². The molecule has 1 aromatic heterocycles. The number of para-hydroxylation sites is 2. The molecular formula is C23H30N4O2. The van der Waals surface area contributed by atoms with Gasteiger partial charge in [0.1, 0.15) is 12.5 Å². The molecule has 2 aromatic carbocycles. The molecule has 2 heterocycles.